The van der Waals surface area contributed by atoms with Crippen molar-refractivity contribution in [1.82, 2.24) is 10.0 Å². The van der Waals surface area contributed by atoms with E-state index in [4.69, 9.17) is 9.94 Å². The maximum atomic E-state index is 11.6. The number of carbonyl (C=O) groups excluding carboxylic acids is 1. The summed E-state index contributed by atoms with van der Waals surface area (Å²) in [5.41, 5.74) is 0.376. The Kier molecular flexibility index (Phi) is 2.49. The van der Waals surface area contributed by atoms with Crippen LogP contribution in [-0.4, -0.2) is 40.3 Å². The quantitative estimate of drug-likeness (QED) is 0.725. The molecule has 0 radical (unpaired) electrons. The van der Waals surface area contributed by atoms with Gasteiger partial charge in [0.15, 0.2) is 0 Å². The molecule has 1 aliphatic rings. The number of aryl methyl sites for hydroxylation is 1. The average Bonchev–Trinajstić information content (AvgIpc) is 2.73. The van der Waals surface area contributed by atoms with Crippen LogP contribution in [0.15, 0.2) is 5.38 Å². The topological polar surface area (TPSA) is 62.7 Å². The Balaban J connectivity index is 2.09. The lowest BCUT2D eigenvalue weighted by Crippen LogP contribution is -2.28. The van der Waals surface area contributed by atoms with Crippen LogP contribution >= 0.6 is 11.3 Å². The summed E-state index contributed by atoms with van der Waals surface area (Å²) in [7, 11) is 0. The van der Waals surface area contributed by atoms with Gasteiger partial charge >= 0.3 is 0 Å². The molecule has 14 heavy (non-hydrogen) atoms. The summed E-state index contributed by atoms with van der Waals surface area (Å²) < 4.78 is 0. The molecule has 1 atom stereocenters. The van der Waals surface area contributed by atoms with Gasteiger partial charge in [0.2, 0.25) is 0 Å². The highest BCUT2D eigenvalue weighted by atomic mass is 32.1. The van der Waals surface area contributed by atoms with Gasteiger partial charge in [-0.3, -0.25) is 9.63 Å². The van der Waals surface area contributed by atoms with Crippen LogP contribution in [0.1, 0.15) is 15.5 Å². The molecule has 1 amide bonds. The number of thiazole rings is 1. The van der Waals surface area contributed by atoms with E-state index in [-0.39, 0.29) is 19.1 Å². The van der Waals surface area contributed by atoms with Gasteiger partial charge in [0.05, 0.1) is 11.6 Å². The van der Waals surface area contributed by atoms with E-state index in [0.29, 0.717) is 5.69 Å². The Morgan fingerprint density at radius 2 is 2.64 bits per heavy atom. The van der Waals surface area contributed by atoms with E-state index < -0.39 is 6.10 Å². The van der Waals surface area contributed by atoms with Crippen molar-refractivity contribution >= 4 is 17.2 Å². The van der Waals surface area contributed by atoms with Gasteiger partial charge in [-0.05, 0) is 6.92 Å². The smallest absolute Gasteiger partial charge is 0.296 e. The molecule has 0 saturated carbocycles. The molecule has 1 aliphatic heterocycles. The highest BCUT2D eigenvalue weighted by Crippen LogP contribution is 2.14. The number of hydrogen-bond donors (Lipinski definition) is 1. The predicted molar refractivity (Wildman–Crippen MR) is 49.8 cm³/mol. The second-order valence-electron chi connectivity index (χ2n) is 3.07. The van der Waals surface area contributed by atoms with Gasteiger partial charge in [0.1, 0.15) is 18.4 Å². The first-order valence-electron chi connectivity index (χ1n) is 4.22. The summed E-state index contributed by atoms with van der Waals surface area (Å²) in [6.45, 7) is 2.23. The number of rotatable bonds is 1. The second kappa shape index (κ2) is 3.64. The SMILES string of the molecule is Cc1nc(C(=O)N2C[C@H](O)CO2)cs1. The zero-order valence-electron chi connectivity index (χ0n) is 7.64. The number of hydroxylamine groups is 2. The first-order valence-corrected chi connectivity index (χ1v) is 5.10. The second-order valence-corrected chi connectivity index (χ2v) is 4.13. The highest BCUT2D eigenvalue weighted by Gasteiger charge is 2.28. The molecule has 0 aliphatic carbocycles. The van der Waals surface area contributed by atoms with Crippen molar-refractivity contribution in [3.8, 4) is 0 Å². The summed E-state index contributed by atoms with van der Waals surface area (Å²) in [5.74, 6) is -0.286. The molecule has 5 nitrogen and oxygen atoms in total. The minimum absolute atomic E-state index is 0.175. The van der Waals surface area contributed by atoms with Crippen LogP contribution in [-0.2, 0) is 4.84 Å². The Bertz CT molecular complexity index is 352. The van der Waals surface area contributed by atoms with Crippen molar-refractivity contribution in [2.75, 3.05) is 13.2 Å². The molecule has 2 rings (SSSR count). The molecule has 1 aromatic heterocycles. The third kappa shape index (κ3) is 1.77. The molecule has 1 aromatic rings. The molecule has 6 heteroatoms. The van der Waals surface area contributed by atoms with Gasteiger partial charge in [0, 0.05) is 5.38 Å². The molecule has 76 valence electrons. The van der Waals surface area contributed by atoms with Crippen LogP contribution in [0, 0.1) is 6.92 Å². The van der Waals surface area contributed by atoms with Crippen molar-refractivity contribution < 1.29 is 14.7 Å². The molecule has 2 heterocycles. The highest BCUT2D eigenvalue weighted by molar-refractivity contribution is 7.09. The minimum atomic E-state index is -0.585. The molecule has 1 fully saturated rings. The van der Waals surface area contributed by atoms with Crippen LogP contribution < -0.4 is 0 Å². The number of aliphatic hydroxyl groups is 1. The summed E-state index contributed by atoms with van der Waals surface area (Å²) in [6, 6.07) is 0. The molecule has 1 saturated heterocycles. The molecule has 0 bridgehead atoms. The number of nitrogens with zero attached hydrogens (tertiary/aromatic N) is 2. The minimum Gasteiger partial charge on any atom is -0.389 e. The van der Waals surface area contributed by atoms with Crippen molar-refractivity contribution in [3.05, 3.63) is 16.1 Å². The fourth-order valence-electron chi connectivity index (χ4n) is 1.20. The number of amides is 1. The van der Waals surface area contributed by atoms with E-state index in [1.165, 1.54) is 11.3 Å². The van der Waals surface area contributed by atoms with Crippen LogP contribution in [0.2, 0.25) is 0 Å². The molecule has 1 N–H and O–H groups in total. The summed E-state index contributed by atoms with van der Waals surface area (Å²) in [5, 5.41) is 12.8. The molecular formula is C8H10N2O3S. The fraction of sp³-hybridized carbons (Fsp3) is 0.500. The van der Waals surface area contributed by atoms with Crippen molar-refractivity contribution in [2.24, 2.45) is 0 Å². The van der Waals surface area contributed by atoms with Crippen molar-refractivity contribution in [3.63, 3.8) is 0 Å². The number of hydrogen-bond acceptors (Lipinski definition) is 5. The van der Waals surface area contributed by atoms with E-state index >= 15 is 0 Å². The number of β-amino-alcohol motifs (C(OH)–C–C–N with tert-alkyl or cyclic N) is 1. The maximum Gasteiger partial charge on any atom is 0.296 e. The Morgan fingerprint density at radius 3 is 3.14 bits per heavy atom. The summed E-state index contributed by atoms with van der Waals surface area (Å²) in [6.07, 6.45) is -0.585. The Morgan fingerprint density at radius 1 is 1.86 bits per heavy atom. The molecule has 0 aromatic carbocycles. The third-order valence-electron chi connectivity index (χ3n) is 1.86. The van der Waals surface area contributed by atoms with Gasteiger partial charge in [-0.1, -0.05) is 0 Å². The number of aliphatic hydroxyl groups excluding tert-OH is 1. The van der Waals surface area contributed by atoms with E-state index in [1.54, 1.807) is 5.38 Å². The number of aromatic nitrogens is 1. The Labute approximate surface area is 84.9 Å². The van der Waals surface area contributed by atoms with Gasteiger partial charge in [0.25, 0.3) is 5.91 Å². The first kappa shape index (κ1) is 9.57. The predicted octanol–water partition coefficient (Wildman–Crippen LogP) is 0.200. The van der Waals surface area contributed by atoms with Gasteiger partial charge in [-0.25, -0.2) is 10.0 Å². The maximum absolute atomic E-state index is 11.6. The largest absolute Gasteiger partial charge is 0.389 e. The van der Waals surface area contributed by atoms with Gasteiger partial charge < -0.3 is 5.11 Å². The molecular weight excluding hydrogens is 204 g/mol. The zero-order chi connectivity index (χ0) is 10.1. The monoisotopic (exact) mass is 214 g/mol. The summed E-state index contributed by atoms with van der Waals surface area (Å²) in [4.78, 5) is 20.7. The lowest BCUT2D eigenvalue weighted by atomic mass is 10.4. The normalized spacial score (nSPS) is 21.6. The van der Waals surface area contributed by atoms with E-state index in [9.17, 15) is 4.79 Å². The van der Waals surface area contributed by atoms with E-state index in [0.717, 1.165) is 10.1 Å². The third-order valence-corrected chi connectivity index (χ3v) is 2.64. The Hall–Kier alpha value is -0.980. The van der Waals surface area contributed by atoms with Crippen molar-refractivity contribution in [1.29, 1.82) is 0 Å². The lowest BCUT2D eigenvalue weighted by molar-refractivity contribution is -0.0782. The van der Waals surface area contributed by atoms with Gasteiger partial charge in [-0.2, -0.15) is 0 Å². The van der Waals surface area contributed by atoms with Gasteiger partial charge in [-0.15, -0.1) is 11.3 Å². The molecule has 0 unspecified atom stereocenters. The van der Waals surface area contributed by atoms with Crippen LogP contribution in [0.5, 0.6) is 0 Å². The summed E-state index contributed by atoms with van der Waals surface area (Å²) >= 11 is 1.42. The standard InChI is InChI=1S/C8H10N2O3S/c1-5-9-7(4-14-5)8(12)10-2-6(11)3-13-10/h4,6,11H,2-3H2,1H3/t6-/m0/s1. The van der Waals surface area contributed by atoms with E-state index in [2.05, 4.69) is 4.98 Å². The van der Waals surface area contributed by atoms with E-state index in [1.807, 2.05) is 6.92 Å². The van der Waals surface area contributed by atoms with Crippen LogP contribution in [0.25, 0.3) is 0 Å². The van der Waals surface area contributed by atoms with Crippen LogP contribution in [0.4, 0.5) is 0 Å². The lowest BCUT2D eigenvalue weighted by Gasteiger charge is -2.11. The fourth-order valence-corrected chi connectivity index (χ4v) is 1.79. The van der Waals surface area contributed by atoms with Crippen molar-refractivity contribution in [2.45, 2.75) is 13.0 Å². The average molecular weight is 214 g/mol. The van der Waals surface area contributed by atoms with Crippen LogP contribution in [0.3, 0.4) is 0 Å². The number of carbonyl (C=O) groups is 1. The molecule has 0 spiro atoms. The zero-order valence-corrected chi connectivity index (χ0v) is 8.45. The first-order chi connectivity index (χ1) is 6.66.